The van der Waals surface area contributed by atoms with Gasteiger partial charge in [0, 0.05) is 11.2 Å². The molecule has 3 rings (SSSR count). The average Bonchev–Trinajstić information content (AvgIpc) is 2.65. The minimum absolute atomic E-state index is 0.109. The molecule has 0 bridgehead atoms. The van der Waals surface area contributed by atoms with E-state index in [-0.39, 0.29) is 11.9 Å². The van der Waals surface area contributed by atoms with E-state index in [2.05, 4.69) is 15.6 Å². The standard InChI is InChI=1S/C20H17Cl2N3O/c1-13(14-5-3-2-4-6-14)24-20(26)15-9-17(12-23-11-15)25-19-10-16(21)7-8-18(19)22/h2-13,25H,1H3,(H,24,26). The molecular weight excluding hydrogens is 369 g/mol. The summed E-state index contributed by atoms with van der Waals surface area (Å²) in [6.07, 6.45) is 3.15. The van der Waals surface area contributed by atoms with Crippen molar-refractivity contribution in [2.24, 2.45) is 0 Å². The highest BCUT2D eigenvalue weighted by Gasteiger charge is 2.12. The quantitative estimate of drug-likeness (QED) is 0.598. The van der Waals surface area contributed by atoms with Gasteiger partial charge in [-0.15, -0.1) is 0 Å². The number of carbonyl (C=O) groups excluding carboxylic acids is 1. The zero-order valence-corrected chi connectivity index (χ0v) is 15.6. The van der Waals surface area contributed by atoms with Crippen molar-refractivity contribution in [1.82, 2.24) is 10.3 Å². The number of amides is 1. The number of nitrogens with one attached hydrogen (secondary N) is 2. The van der Waals surface area contributed by atoms with Gasteiger partial charge >= 0.3 is 0 Å². The normalized spacial score (nSPS) is 11.7. The second kappa shape index (κ2) is 8.21. The number of halogens is 2. The summed E-state index contributed by atoms with van der Waals surface area (Å²) >= 11 is 12.2. The molecule has 26 heavy (non-hydrogen) atoms. The summed E-state index contributed by atoms with van der Waals surface area (Å²) in [5.74, 6) is -0.199. The van der Waals surface area contributed by atoms with Crippen LogP contribution in [0.25, 0.3) is 0 Å². The van der Waals surface area contributed by atoms with Crippen LogP contribution in [0, 0.1) is 0 Å². The first-order chi connectivity index (χ1) is 12.5. The Bertz CT molecular complexity index is 916. The largest absolute Gasteiger partial charge is 0.353 e. The van der Waals surface area contributed by atoms with Gasteiger partial charge in [-0.1, -0.05) is 53.5 Å². The monoisotopic (exact) mass is 385 g/mol. The topological polar surface area (TPSA) is 54.0 Å². The maximum atomic E-state index is 12.5. The lowest BCUT2D eigenvalue weighted by molar-refractivity contribution is 0.0939. The fourth-order valence-electron chi connectivity index (χ4n) is 2.49. The zero-order valence-electron chi connectivity index (χ0n) is 14.0. The Labute approximate surface area is 162 Å². The third kappa shape index (κ3) is 4.54. The predicted octanol–water partition coefficient (Wildman–Crippen LogP) is 5.62. The van der Waals surface area contributed by atoms with E-state index in [4.69, 9.17) is 23.2 Å². The van der Waals surface area contributed by atoms with E-state index >= 15 is 0 Å². The number of anilines is 2. The number of benzene rings is 2. The molecule has 1 atom stereocenters. The Morgan fingerprint density at radius 2 is 1.81 bits per heavy atom. The molecule has 1 aromatic heterocycles. The number of rotatable bonds is 5. The molecular formula is C20H17Cl2N3O. The van der Waals surface area contributed by atoms with Crippen molar-refractivity contribution < 1.29 is 4.79 Å². The van der Waals surface area contributed by atoms with Gasteiger partial charge in [-0.05, 0) is 36.8 Å². The van der Waals surface area contributed by atoms with Crippen LogP contribution in [0.1, 0.15) is 28.9 Å². The first kappa shape index (κ1) is 18.2. The maximum Gasteiger partial charge on any atom is 0.253 e. The van der Waals surface area contributed by atoms with E-state index in [1.165, 1.54) is 6.20 Å². The smallest absolute Gasteiger partial charge is 0.253 e. The average molecular weight is 386 g/mol. The maximum absolute atomic E-state index is 12.5. The highest BCUT2D eigenvalue weighted by Crippen LogP contribution is 2.28. The van der Waals surface area contributed by atoms with Crippen molar-refractivity contribution in [2.75, 3.05) is 5.32 Å². The van der Waals surface area contributed by atoms with Gasteiger partial charge in [0.05, 0.1) is 34.2 Å². The van der Waals surface area contributed by atoms with E-state index in [1.54, 1.807) is 30.5 Å². The summed E-state index contributed by atoms with van der Waals surface area (Å²) in [4.78, 5) is 16.7. The van der Waals surface area contributed by atoms with E-state index in [0.29, 0.717) is 27.0 Å². The Morgan fingerprint density at radius 3 is 2.58 bits per heavy atom. The van der Waals surface area contributed by atoms with Gasteiger partial charge in [-0.2, -0.15) is 0 Å². The predicted molar refractivity (Wildman–Crippen MR) is 106 cm³/mol. The molecule has 0 aliphatic rings. The Balaban J connectivity index is 1.74. The van der Waals surface area contributed by atoms with Gasteiger partial charge < -0.3 is 10.6 Å². The SMILES string of the molecule is CC(NC(=O)c1cncc(Nc2cc(Cl)ccc2Cl)c1)c1ccccc1. The second-order valence-corrected chi connectivity index (χ2v) is 6.66. The molecule has 1 unspecified atom stereocenters. The molecule has 4 nitrogen and oxygen atoms in total. The van der Waals surface area contributed by atoms with Crippen LogP contribution in [0.3, 0.4) is 0 Å². The second-order valence-electron chi connectivity index (χ2n) is 5.82. The highest BCUT2D eigenvalue weighted by molar-refractivity contribution is 6.35. The minimum atomic E-state index is -0.199. The van der Waals surface area contributed by atoms with Gasteiger partial charge in [0.2, 0.25) is 0 Å². The summed E-state index contributed by atoms with van der Waals surface area (Å²) in [5, 5.41) is 7.20. The summed E-state index contributed by atoms with van der Waals surface area (Å²) < 4.78 is 0. The molecule has 0 aliphatic heterocycles. The van der Waals surface area contributed by atoms with Crippen LogP contribution in [-0.2, 0) is 0 Å². The van der Waals surface area contributed by atoms with Crippen molar-refractivity contribution in [3.05, 3.63) is 88.2 Å². The lowest BCUT2D eigenvalue weighted by Crippen LogP contribution is -2.26. The molecule has 0 saturated carbocycles. The van der Waals surface area contributed by atoms with Crippen LogP contribution in [0.4, 0.5) is 11.4 Å². The molecule has 0 radical (unpaired) electrons. The number of carbonyl (C=O) groups is 1. The number of hydrogen-bond donors (Lipinski definition) is 2. The van der Waals surface area contributed by atoms with E-state index < -0.39 is 0 Å². The molecule has 3 aromatic rings. The number of pyridine rings is 1. The van der Waals surface area contributed by atoms with Gasteiger partial charge in [-0.3, -0.25) is 9.78 Å². The Morgan fingerprint density at radius 1 is 1.04 bits per heavy atom. The van der Waals surface area contributed by atoms with Crippen LogP contribution in [0.2, 0.25) is 10.0 Å². The highest BCUT2D eigenvalue weighted by atomic mass is 35.5. The van der Waals surface area contributed by atoms with Crippen molar-refractivity contribution in [3.63, 3.8) is 0 Å². The number of hydrogen-bond acceptors (Lipinski definition) is 3. The van der Waals surface area contributed by atoms with Crippen LogP contribution < -0.4 is 10.6 Å². The zero-order chi connectivity index (χ0) is 18.5. The summed E-state index contributed by atoms with van der Waals surface area (Å²) in [7, 11) is 0. The summed E-state index contributed by atoms with van der Waals surface area (Å²) in [5.41, 5.74) is 2.79. The van der Waals surface area contributed by atoms with Crippen LogP contribution in [0.15, 0.2) is 67.0 Å². The van der Waals surface area contributed by atoms with Gasteiger partial charge in [0.25, 0.3) is 5.91 Å². The van der Waals surface area contributed by atoms with E-state index in [1.807, 2.05) is 37.3 Å². The Kier molecular flexibility index (Phi) is 5.76. The van der Waals surface area contributed by atoms with E-state index in [0.717, 1.165) is 5.56 Å². The van der Waals surface area contributed by atoms with Gasteiger partial charge in [0.15, 0.2) is 0 Å². The molecule has 0 spiro atoms. The van der Waals surface area contributed by atoms with Gasteiger partial charge in [0.1, 0.15) is 0 Å². The fraction of sp³-hybridized carbons (Fsp3) is 0.100. The van der Waals surface area contributed by atoms with Crippen molar-refractivity contribution in [1.29, 1.82) is 0 Å². The first-order valence-corrected chi connectivity index (χ1v) is 8.81. The molecule has 1 amide bonds. The molecule has 1 heterocycles. The number of aromatic nitrogens is 1. The van der Waals surface area contributed by atoms with Crippen LogP contribution in [0.5, 0.6) is 0 Å². The van der Waals surface area contributed by atoms with Crippen molar-refractivity contribution in [2.45, 2.75) is 13.0 Å². The molecule has 0 fully saturated rings. The van der Waals surface area contributed by atoms with E-state index in [9.17, 15) is 4.79 Å². The lowest BCUT2D eigenvalue weighted by Gasteiger charge is -2.15. The molecule has 0 aliphatic carbocycles. The van der Waals surface area contributed by atoms with Crippen molar-refractivity contribution >= 4 is 40.5 Å². The molecule has 2 N–H and O–H groups in total. The summed E-state index contributed by atoms with van der Waals surface area (Å²) in [6.45, 7) is 1.94. The fourth-order valence-corrected chi connectivity index (χ4v) is 2.82. The third-order valence-corrected chi connectivity index (χ3v) is 4.42. The first-order valence-electron chi connectivity index (χ1n) is 8.06. The van der Waals surface area contributed by atoms with Crippen LogP contribution >= 0.6 is 23.2 Å². The van der Waals surface area contributed by atoms with Crippen LogP contribution in [-0.4, -0.2) is 10.9 Å². The number of nitrogens with zero attached hydrogens (tertiary/aromatic N) is 1. The Hall–Kier alpha value is -2.56. The minimum Gasteiger partial charge on any atom is -0.353 e. The molecule has 6 heteroatoms. The van der Waals surface area contributed by atoms with Crippen molar-refractivity contribution in [3.8, 4) is 0 Å². The summed E-state index contributed by atoms with van der Waals surface area (Å²) in [6, 6.07) is 16.5. The molecule has 132 valence electrons. The third-order valence-electron chi connectivity index (χ3n) is 3.86. The van der Waals surface area contributed by atoms with Gasteiger partial charge in [-0.25, -0.2) is 0 Å². The lowest BCUT2D eigenvalue weighted by atomic mass is 10.1. The molecule has 2 aromatic carbocycles. The molecule has 0 saturated heterocycles.